The molecule has 1 saturated heterocycles. The average Bonchev–Trinajstić information content (AvgIpc) is 3.38. The van der Waals surface area contributed by atoms with Crippen LogP contribution in [0.3, 0.4) is 0 Å². The summed E-state index contributed by atoms with van der Waals surface area (Å²) in [5, 5.41) is 23.5. The van der Waals surface area contributed by atoms with Crippen LogP contribution in [-0.4, -0.2) is 55.1 Å². The highest BCUT2D eigenvalue weighted by molar-refractivity contribution is 6.28. The molecule has 0 bridgehead atoms. The van der Waals surface area contributed by atoms with Gasteiger partial charge in [0.1, 0.15) is 12.2 Å². The van der Waals surface area contributed by atoms with Gasteiger partial charge in [-0.3, -0.25) is 4.57 Å². The predicted molar refractivity (Wildman–Crippen MR) is 121 cm³/mol. The van der Waals surface area contributed by atoms with E-state index in [1.165, 1.54) is 17.5 Å². The number of aliphatic hydroxyl groups is 2. The lowest BCUT2D eigenvalue weighted by atomic mass is 9.91. The van der Waals surface area contributed by atoms with Gasteiger partial charge in [0.25, 0.3) is 0 Å². The molecule has 3 heterocycles. The zero-order valence-electron chi connectivity index (χ0n) is 17.0. The Bertz CT molecular complexity index is 1160. The molecule has 164 valence electrons. The Kier molecular flexibility index (Phi) is 5.75. The van der Waals surface area contributed by atoms with Crippen molar-refractivity contribution in [3.8, 4) is 0 Å². The van der Waals surface area contributed by atoms with E-state index < -0.39 is 18.4 Å². The van der Waals surface area contributed by atoms with E-state index in [0.29, 0.717) is 23.5 Å². The molecular weight excluding hydrogens is 430 g/mol. The van der Waals surface area contributed by atoms with Crippen molar-refractivity contribution in [2.45, 2.75) is 24.4 Å². The first-order chi connectivity index (χ1) is 15.6. The number of nitrogens with zero attached hydrogens (tertiary/aromatic N) is 4. The fraction of sp³-hybridized carbons (Fsp3) is 0.261. The summed E-state index contributed by atoms with van der Waals surface area (Å²) in [7, 11) is 0. The van der Waals surface area contributed by atoms with Crippen LogP contribution in [0.15, 0.2) is 67.0 Å². The molecule has 0 spiro atoms. The molecule has 32 heavy (non-hydrogen) atoms. The molecule has 3 N–H and O–H groups in total. The summed E-state index contributed by atoms with van der Waals surface area (Å²) in [4.78, 5) is 13.1. The zero-order chi connectivity index (χ0) is 22.1. The maximum absolute atomic E-state index is 10.2. The van der Waals surface area contributed by atoms with Gasteiger partial charge in [-0.25, -0.2) is 4.98 Å². The number of anilines is 1. The molecule has 8 nitrogen and oxygen atoms in total. The Morgan fingerprint density at radius 1 is 1.03 bits per heavy atom. The van der Waals surface area contributed by atoms with Gasteiger partial charge in [-0.05, 0) is 22.7 Å². The third-order valence-corrected chi connectivity index (χ3v) is 5.84. The van der Waals surface area contributed by atoms with Gasteiger partial charge in [0.05, 0.1) is 12.9 Å². The zero-order valence-corrected chi connectivity index (χ0v) is 17.8. The van der Waals surface area contributed by atoms with Gasteiger partial charge in [-0.2, -0.15) is 9.97 Å². The summed E-state index contributed by atoms with van der Waals surface area (Å²) in [6.45, 7) is 0.593. The lowest BCUT2D eigenvalue weighted by molar-refractivity contribution is -0.0162. The molecule has 3 unspecified atom stereocenters. The third-order valence-electron chi connectivity index (χ3n) is 5.67. The fourth-order valence-corrected chi connectivity index (χ4v) is 4.19. The summed E-state index contributed by atoms with van der Waals surface area (Å²) < 4.78 is 7.09. The standard InChI is InChI=1S/C23H22ClN5O3/c24-23-27-20(18-21(28-23)29(13-26-18)22-19(31)17(30)12-32-22)25-11-16(14-7-3-1-4-8-14)15-9-5-2-6-10-15/h1-10,13,16-17,19,22,30-31H,11-12H2,(H,25,27,28). The molecule has 0 saturated carbocycles. The highest BCUT2D eigenvalue weighted by atomic mass is 35.5. The van der Waals surface area contributed by atoms with Crippen molar-refractivity contribution < 1.29 is 14.9 Å². The van der Waals surface area contributed by atoms with Crippen LogP contribution in [0, 0.1) is 0 Å². The number of fused-ring (bicyclic) bond motifs is 1. The van der Waals surface area contributed by atoms with Gasteiger partial charge in [-0.15, -0.1) is 0 Å². The van der Waals surface area contributed by atoms with Gasteiger partial charge in [0, 0.05) is 12.5 Å². The van der Waals surface area contributed by atoms with Crippen molar-refractivity contribution in [3.63, 3.8) is 0 Å². The molecule has 2 aromatic carbocycles. The van der Waals surface area contributed by atoms with Crippen LogP contribution in [-0.2, 0) is 4.74 Å². The van der Waals surface area contributed by atoms with Crippen LogP contribution >= 0.6 is 11.6 Å². The van der Waals surface area contributed by atoms with Crippen LogP contribution in [0.25, 0.3) is 11.2 Å². The number of hydrogen-bond acceptors (Lipinski definition) is 7. The molecular formula is C23H22ClN5O3. The van der Waals surface area contributed by atoms with E-state index in [-0.39, 0.29) is 17.8 Å². The van der Waals surface area contributed by atoms with Crippen LogP contribution in [0.4, 0.5) is 5.82 Å². The van der Waals surface area contributed by atoms with Crippen molar-refractivity contribution in [1.82, 2.24) is 19.5 Å². The van der Waals surface area contributed by atoms with Gasteiger partial charge < -0.3 is 20.3 Å². The van der Waals surface area contributed by atoms with Crippen molar-refractivity contribution in [2.24, 2.45) is 0 Å². The van der Waals surface area contributed by atoms with E-state index >= 15 is 0 Å². The molecule has 9 heteroatoms. The fourth-order valence-electron chi connectivity index (χ4n) is 4.03. The van der Waals surface area contributed by atoms with E-state index in [1.54, 1.807) is 4.57 Å². The van der Waals surface area contributed by atoms with E-state index in [9.17, 15) is 10.2 Å². The first-order valence-corrected chi connectivity index (χ1v) is 10.7. The van der Waals surface area contributed by atoms with Gasteiger partial charge in [0.15, 0.2) is 23.2 Å². The van der Waals surface area contributed by atoms with E-state index in [2.05, 4.69) is 44.5 Å². The Morgan fingerprint density at radius 2 is 1.69 bits per heavy atom. The largest absolute Gasteiger partial charge is 0.388 e. The highest BCUT2D eigenvalue weighted by Crippen LogP contribution is 2.31. The maximum atomic E-state index is 10.2. The minimum atomic E-state index is -1.09. The smallest absolute Gasteiger partial charge is 0.226 e. The van der Waals surface area contributed by atoms with Crippen LogP contribution in [0.5, 0.6) is 0 Å². The molecule has 4 aromatic rings. The summed E-state index contributed by atoms with van der Waals surface area (Å²) in [6, 6.07) is 20.5. The number of halogens is 1. The number of hydrogen-bond donors (Lipinski definition) is 3. The molecule has 1 aliphatic heterocycles. The summed E-state index contributed by atoms with van der Waals surface area (Å²) in [6.07, 6.45) is -1.34. The van der Waals surface area contributed by atoms with Gasteiger partial charge >= 0.3 is 0 Å². The highest BCUT2D eigenvalue weighted by Gasteiger charge is 2.37. The predicted octanol–water partition coefficient (Wildman–Crippen LogP) is 2.97. The summed E-state index contributed by atoms with van der Waals surface area (Å²) in [5.41, 5.74) is 3.27. The first-order valence-electron chi connectivity index (χ1n) is 10.3. The van der Waals surface area contributed by atoms with Gasteiger partial charge in [0.2, 0.25) is 5.28 Å². The Hall–Kier alpha value is -3.04. The van der Waals surface area contributed by atoms with Crippen molar-refractivity contribution >= 4 is 28.6 Å². The van der Waals surface area contributed by atoms with E-state index in [4.69, 9.17) is 16.3 Å². The monoisotopic (exact) mass is 451 g/mol. The SMILES string of the molecule is OC1COC(n2cnc3c(NCC(c4ccccc4)c4ccccc4)nc(Cl)nc32)C1O. The number of benzene rings is 2. The average molecular weight is 452 g/mol. The molecule has 3 atom stereocenters. The summed E-state index contributed by atoms with van der Waals surface area (Å²) >= 11 is 6.22. The van der Waals surface area contributed by atoms with E-state index in [0.717, 1.165) is 0 Å². The number of nitrogens with one attached hydrogen (secondary N) is 1. The molecule has 0 radical (unpaired) electrons. The topological polar surface area (TPSA) is 105 Å². The number of aliphatic hydroxyl groups excluding tert-OH is 2. The Balaban J connectivity index is 1.47. The second kappa shape index (κ2) is 8.84. The first kappa shape index (κ1) is 20.8. The van der Waals surface area contributed by atoms with Crippen molar-refractivity contribution in [3.05, 3.63) is 83.4 Å². The molecule has 0 amide bonds. The molecule has 5 rings (SSSR count). The lowest BCUT2D eigenvalue weighted by Crippen LogP contribution is -2.28. The Labute approximate surface area is 189 Å². The maximum Gasteiger partial charge on any atom is 0.226 e. The minimum absolute atomic E-state index is 0.0330. The normalized spacial score (nSPS) is 20.8. The van der Waals surface area contributed by atoms with Crippen LogP contribution in [0.2, 0.25) is 5.28 Å². The van der Waals surface area contributed by atoms with Crippen molar-refractivity contribution in [2.75, 3.05) is 18.5 Å². The molecule has 2 aromatic heterocycles. The second-order valence-electron chi connectivity index (χ2n) is 7.70. The lowest BCUT2D eigenvalue weighted by Gasteiger charge is -2.19. The van der Waals surface area contributed by atoms with Crippen LogP contribution < -0.4 is 5.32 Å². The van der Waals surface area contributed by atoms with Crippen molar-refractivity contribution in [1.29, 1.82) is 0 Å². The molecule has 1 aliphatic rings. The van der Waals surface area contributed by atoms with Gasteiger partial charge in [-0.1, -0.05) is 60.7 Å². The second-order valence-corrected chi connectivity index (χ2v) is 8.04. The number of rotatable bonds is 6. The number of ether oxygens (including phenoxy) is 1. The number of imidazole rings is 1. The summed E-state index contributed by atoms with van der Waals surface area (Å²) in [5.74, 6) is 0.571. The third kappa shape index (κ3) is 3.93. The number of aromatic nitrogens is 4. The minimum Gasteiger partial charge on any atom is -0.388 e. The van der Waals surface area contributed by atoms with Crippen LogP contribution in [0.1, 0.15) is 23.3 Å². The molecule has 0 aliphatic carbocycles. The Morgan fingerprint density at radius 3 is 2.28 bits per heavy atom. The molecule has 1 fully saturated rings. The quantitative estimate of drug-likeness (QED) is 0.387. The van der Waals surface area contributed by atoms with E-state index in [1.807, 2.05) is 36.4 Å².